The first-order valence-corrected chi connectivity index (χ1v) is 10.1. The minimum absolute atomic E-state index is 0.0937. The lowest BCUT2D eigenvalue weighted by Gasteiger charge is -2.23. The molecule has 1 amide bonds. The SMILES string of the molecule is CNC(=O)C12C[C@@H]1[C@@H](n1cnc3c(NC4CCCC4)nc(Cl)nc31)[C@H](O)[C@@H]2O. The lowest BCUT2D eigenvalue weighted by molar-refractivity contribution is -0.132. The third-order valence-electron chi connectivity index (χ3n) is 6.73. The molecule has 3 aliphatic rings. The molecule has 10 heteroatoms. The van der Waals surface area contributed by atoms with E-state index in [-0.39, 0.29) is 17.1 Å². The van der Waals surface area contributed by atoms with E-state index in [1.165, 1.54) is 12.8 Å². The summed E-state index contributed by atoms with van der Waals surface area (Å²) < 4.78 is 1.74. The van der Waals surface area contributed by atoms with Crippen molar-refractivity contribution in [3.05, 3.63) is 11.6 Å². The number of imidazole rings is 1. The Labute approximate surface area is 166 Å². The van der Waals surface area contributed by atoms with Crippen LogP contribution in [0.4, 0.5) is 5.82 Å². The highest BCUT2D eigenvalue weighted by Gasteiger charge is 2.75. The second-order valence-corrected chi connectivity index (χ2v) is 8.49. The van der Waals surface area contributed by atoms with Crippen LogP contribution in [0.2, 0.25) is 5.28 Å². The number of hydrogen-bond acceptors (Lipinski definition) is 7. The summed E-state index contributed by atoms with van der Waals surface area (Å²) in [6.45, 7) is 0. The fourth-order valence-electron chi connectivity index (χ4n) is 5.26. The predicted molar refractivity (Wildman–Crippen MR) is 102 cm³/mol. The molecule has 3 aliphatic carbocycles. The van der Waals surface area contributed by atoms with Gasteiger partial charge in [-0.2, -0.15) is 9.97 Å². The molecule has 5 atom stereocenters. The third kappa shape index (κ3) is 2.39. The molecule has 9 nitrogen and oxygen atoms in total. The standard InChI is InChI=1S/C18H23ClN6O3/c1-20-16(28)18-6-9(18)11(12(26)13(18)27)25-7-21-10-14(22-8-4-2-3-5-8)23-17(19)24-15(10)25/h7-9,11-13,26-27H,2-6H2,1H3,(H,20,28)(H,22,23,24)/t9-,11-,12+,13+,18?/m1/s1. The summed E-state index contributed by atoms with van der Waals surface area (Å²) in [6, 6.07) is -0.162. The Balaban J connectivity index is 1.54. The van der Waals surface area contributed by atoms with E-state index in [0.29, 0.717) is 29.4 Å². The number of aliphatic hydroxyl groups is 2. The number of aromatic nitrogens is 4. The quantitative estimate of drug-likeness (QED) is 0.555. The first kappa shape index (κ1) is 18.1. The van der Waals surface area contributed by atoms with Crippen LogP contribution in [-0.4, -0.2) is 60.9 Å². The molecule has 1 unspecified atom stereocenters. The molecule has 2 aromatic heterocycles. The minimum Gasteiger partial charge on any atom is -0.389 e. The zero-order chi connectivity index (χ0) is 19.6. The summed E-state index contributed by atoms with van der Waals surface area (Å²) in [7, 11) is 1.54. The average Bonchev–Trinajstić information content (AvgIpc) is 2.96. The molecule has 4 N–H and O–H groups in total. The molecule has 3 fully saturated rings. The fraction of sp³-hybridized carbons (Fsp3) is 0.667. The maximum absolute atomic E-state index is 12.3. The number of halogens is 1. The summed E-state index contributed by atoms with van der Waals surface area (Å²) in [5, 5.41) is 27.4. The fourth-order valence-corrected chi connectivity index (χ4v) is 5.42. The van der Waals surface area contributed by atoms with Gasteiger partial charge in [0.2, 0.25) is 11.2 Å². The van der Waals surface area contributed by atoms with Crippen molar-refractivity contribution >= 4 is 34.5 Å². The number of hydrogen-bond donors (Lipinski definition) is 4. The number of carbonyl (C=O) groups is 1. The van der Waals surface area contributed by atoms with Crippen molar-refractivity contribution < 1.29 is 15.0 Å². The van der Waals surface area contributed by atoms with Crippen LogP contribution in [0.1, 0.15) is 38.1 Å². The van der Waals surface area contributed by atoms with Crippen LogP contribution < -0.4 is 10.6 Å². The zero-order valence-corrected chi connectivity index (χ0v) is 16.2. The number of rotatable bonds is 4. The van der Waals surface area contributed by atoms with E-state index in [4.69, 9.17) is 11.6 Å². The summed E-state index contributed by atoms with van der Waals surface area (Å²) in [5.41, 5.74) is 0.129. The molecule has 2 heterocycles. The second-order valence-electron chi connectivity index (χ2n) is 8.15. The largest absolute Gasteiger partial charge is 0.389 e. The van der Waals surface area contributed by atoms with Crippen LogP contribution in [-0.2, 0) is 4.79 Å². The maximum atomic E-state index is 12.3. The van der Waals surface area contributed by atoms with Gasteiger partial charge in [-0.15, -0.1) is 0 Å². The minimum atomic E-state index is -1.13. The Morgan fingerprint density at radius 2 is 2.07 bits per heavy atom. The molecule has 0 bridgehead atoms. The molecule has 0 saturated heterocycles. The smallest absolute Gasteiger partial charge is 0.229 e. The van der Waals surface area contributed by atoms with Gasteiger partial charge < -0.3 is 25.4 Å². The van der Waals surface area contributed by atoms with Crippen LogP contribution in [0, 0.1) is 11.3 Å². The van der Waals surface area contributed by atoms with Gasteiger partial charge in [-0.3, -0.25) is 4.79 Å². The van der Waals surface area contributed by atoms with Crippen LogP contribution in [0.3, 0.4) is 0 Å². The van der Waals surface area contributed by atoms with Crippen LogP contribution in [0.5, 0.6) is 0 Å². The predicted octanol–water partition coefficient (Wildman–Crippen LogP) is 0.863. The van der Waals surface area contributed by atoms with E-state index in [1.807, 2.05) is 0 Å². The Hall–Kier alpha value is -1.97. The van der Waals surface area contributed by atoms with Crippen molar-refractivity contribution in [2.24, 2.45) is 11.3 Å². The van der Waals surface area contributed by atoms with Crippen molar-refractivity contribution in [3.63, 3.8) is 0 Å². The van der Waals surface area contributed by atoms with Gasteiger partial charge in [-0.1, -0.05) is 12.8 Å². The van der Waals surface area contributed by atoms with Crippen LogP contribution in [0.25, 0.3) is 11.2 Å². The monoisotopic (exact) mass is 406 g/mol. The van der Waals surface area contributed by atoms with E-state index in [0.717, 1.165) is 12.8 Å². The van der Waals surface area contributed by atoms with E-state index in [9.17, 15) is 15.0 Å². The van der Waals surface area contributed by atoms with Crippen molar-refractivity contribution in [2.45, 2.75) is 56.4 Å². The van der Waals surface area contributed by atoms with Crippen LogP contribution >= 0.6 is 11.6 Å². The first-order valence-electron chi connectivity index (χ1n) is 9.72. The molecule has 5 rings (SSSR count). The zero-order valence-electron chi connectivity index (χ0n) is 15.5. The number of fused-ring (bicyclic) bond motifs is 2. The highest BCUT2D eigenvalue weighted by Crippen LogP contribution is 2.67. The van der Waals surface area contributed by atoms with Crippen molar-refractivity contribution in [1.82, 2.24) is 24.8 Å². The number of nitrogens with one attached hydrogen (secondary N) is 2. The molecule has 0 aliphatic heterocycles. The third-order valence-corrected chi connectivity index (χ3v) is 6.90. The number of nitrogens with zero attached hydrogens (tertiary/aromatic N) is 4. The molecule has 150 valence electrons. The Morgan fingerprint density at radius 1 is 1.32 bits per heavy atom. The summed E-state index contributed by atoms with van der Waals surface area (Å²) in [6.07, 6.45) is 4.41. The second kappa shape index (κ2) is 6.27. The summed E-state index contributed by atoms with van der Waals surface area (Å²) in [4.78, 5) is 25.5. The number of aliphatic hydroxyl groups excluding tert-OH is 2. The van der Waals surface area contributed by atoms with Gasteiger partial charge in [0.25, 0.3) is 0 Å². The lowest BCUT2D eigenvalue weighted by atomic mass is 9.98. The van der Waals surface area contributed by atoms with Gasteiger partial charge >= 0.3 is 0 Å². The number of anilines is 1. The molecule has 28 heavy (non-hydrogen) atoms. The van der Waals surface area contributed by atoms with Crippen LogP contribution in [0.15, 0.2) is 6.33 Å². The Kier molecular flexibility index (Phi) is 4.05. The van der Waals surface area contributed by atoms with E-state index < -0.39 is 23.7 Å². The summed E-state index contributed by atoms with van der Waals surface area (Å²) in [5.74, 6) is 0.157. The van der Waals surface area contributed by atoms with E-state index in [1.54, 1.807) is 17.9 Å². The van der Waals surface area contributed by atoms with Crippen molar-refractivity contribution in [1.29, 1.82) is 0 Å². The number of carbonyl (C=O) groups excluding carboxylic acids is 1. The topological polar surface area (TPSA) is 125 Å². The number of amides is 1. The van der Waals surface area contributed by atoms with Crippen molar-refractivity contribution in [2.75, 3.05) is 12.4 Å². The first-order chi connectivity index (χ1) is 13.5. The Morgan fingerprint density at radius 3 is 2.79 bits per heavy atom. The molecular formula is C18H23ClN6O3. The molecule has 0 aromatic carbocycles. The molecule has 2 aromatic rings. The van der Waals surface area contributed by atoms with E-state index in [2.05, 4.69) is 25.6 Å². The molecular weight excluding hydrogens is 384 g/mol. The molecule has 0 spiro atoms. The van der Waals surface area contributed by atoms with Gasteiger partial charge in [0.1, 0.15) is 6.10 Å². The highest BCUT2D eigenvalue weighted by atomic mass is 35.5. The van der Waals surface area contributed by atoms with Gasteiger partial charge in [-0.25, -0.2) is 4.98 Å². The van der Waals surface area contributed by atoms with Crippen molar-refractivity contribution in [3.8, 4) is 0 Å². The Bertz CT molecular complexity index is 945. The highest BCUT2D eigenvalue weighted by molar-refractivity contribution is 6.28. The van der Waals surface area contributed by atoms with E-state index >= 15 is 0 Å². The van der Waals surface area contributed by atoms with Gasteiger partial charge in [0, 0.05) is 19.0 Å². The maximum Gasteiger partial charge on any atom is 0.229 e. The lowest BCUT2D eigenvalue weighted by Crippen LogP contribution is -2.41. The van der Waals surface area contributed by atoms with Gasteiger partial charge in [0.15, 0.2) is 17.0 Å². The molecule has 0 radical (unpaired) electrons. The molecule has 3 saturated carbocycles. The normalized spacial score (nSPS) is 34.6. The average molecular weight is 407 g/mol. The van der Waals surface area contributed by atoms with Gasteiger partial charge in [0.05, 0.1) is 23.9 Å². The van der Waals surface area contributed by atoms with Gasteiger partial charge in [-0.05, 0) is 30.9 Å². The summed E-state index contributed by atoms with van der Waals surface area (Å²) >= 11 is 6.18.